The highest BCUT2D eigenvalue weighted by Gasteiger charge is 2.16. The van der Waals surface area contributed by atoms with Crippen LogP contribution >= 0.6 is 24.0 Å². The van der Waals surface area contributed by atoms with Gasteiger partial charge in [0, 0.05) is 19.1 Å². The molecule has 1 unspecified atom stereocenters. The van der Waals surface area contributed by atoms with Gasteiger partial charge in [-0.2, -0.15) is 0 Å². The molecule has 1 aliphatic rings. The third-order valence-electron chi connectivity index (χ3n) is 5.60. The van der Waals surface area contributed by atoms with Crippen molar-refractivity contribution in [3.8, 4) is 0 Å². The van der Waals surface area contributed by atoms with Crippen molar-refractivity contribution in [1.29, 1.82) is 0 Å². The summed E-state index contributed by atoms with van der Waals surface area (Å²) in [4.78, 5) is 4.83. The van der Waals surface area contributed by atoms with Crippen molar-refractivity contribution in [3.63, 3.8) is 0 Å². The van der Waals surface area contributed by atoms with Gasteiger partial charge < -0.3 is 15.2 Å². The Balaban J connectivity index is 0.00000300. The zero-order chi connectivity index (χ0) is 19.8. The van der Waals surface area contributed by atoms with Crippen LogP contribution in [0.3, 0.4) is 0 Å². The number of guanidine groups is 1. The highest BCUT2D eigenvalue weighted by Crippen LogP contribution is 2.17. The Morgan fingerprint density at radius 2 is 1.90 bits per heavy atom. The van der Waals surface area contributed by atoms with Crippen LogP contribution in [-0.2, 0) is 20.0 Å². The molecule has 1 saturated carbocycles. The van der Waals surface area contributed by atoms with Crippen LogP contribution in [-0.4, -0.2) is 32.8 Å². The summed E-state index contributed by atoms with van der Waals surface area (Å²) in [6, 6.07) is 11.5. The largest absolute Gasteiger partial charge is 0.354 e. The van der Waals surface area contributed by atoms with Crippen LogP contribution < -0.4 is 10.6 Å². The van der Waals surface area contributed by atoms with E-state index in [1.807, 2.05) is 18.5 Å². The van der Waals surface area contributed by atoms with Gasteiger partial charge in [0.15, 0.2) is 11.8 Å². The van der Waals surface area contributed by atoms with Crippen LogP contribution in [0.5, 0.6) is 0 Å². The molecular weight excluding hydrogens is 475 g/mol. The number of aromatic nitrogens is 3. The molecular formula is C22H35IN6. The number of benzene rings is 1. The van der Waals surface area contributed by atoms with Crippen molar-refractivity contribution in [1.82, 2.24) is 25.4 Å². The summed E-state index contributed by atoms with van der Waals surface area (Å²) in [7, 11) is 1.99. The average Bonchev–Trinajstić information content (AvgIpc) is 3.04. The van der Waals surface area contributed by atoms with Gasteiger partial charge in [-0.05, 0) is 45.1 Å². The number of hydrogen-bond donors (Lipinski definition) is 2. The van der Waals surface area contributed by atoms with Crippen molar-refractivity contribution < 1.29 is 0 Å². The van der Waals surface area contributed by atoms with Crippen LogP contribution in [0.1, 0.15) is 62.7 Å². The fraction of sp³-hybridized carbons (Fsp3) is 0.591. The molecule has 2 aromatic rings. The lowest BCUT2D eigenvalue weighted by Crippen LogP contribution is -2.47. The summed E-state index contributed by atoms with van der Waals surface area (Å²) in [5.74, 6) is 2.70. The zero-order valence-electron chi connectivity index (χ0n) is 17.9. The van der Waals surface area contributed by atoms with E-state index in [-0.39, 0.29) is 24.0 Å². The van der Waals surface area contributed by atoms with E-state index < -0.39 is 0 Å². The first-order valence-corrected chi connectivity index (χ1v) is 10.6. The van der Waals surface area contributed by atoms with E-state index in [0.29, 0.717) is 18.6 Å². The highest BCUT2D eigenvalue weighted by atomic mass is 127. The molecule has 0 amide bonds. The minimum atomic E-state index is 0. The summed E-state index contributed by atoms with van der Waals surface area (Å²) in [5.41, 5.74) is 1.38. The van der Waals surface area contributed by atoms with E-state index in [4.69, 9.17) is 4.99 Å². The molecule has 0 bridgehead atoms. The Morgan fingerprint density at radius 3 is 2.55 bits per heavy atom. The number of hydrogen-bond acceptors (Lipinski definition) is 3. The van der Waals surface area contributed by atoms with Gasteiger partial charge in [0.05, 0.1) is 0 Å². The predicted molar refractivity (Wildman–Crippen MR) is 130 cm³/mol. The van der Waals surface area contributed by atoms with Crippen LogP contribution in [0, 0.1) is 6.92 Å². The Morgan fingerprint density at radius 1 is 1.17 bits per heavy atom. The van der Waals surface area contributed by atoms with Gasteiger partial charge in [-0.15, -0.1) is 34.2 Å². The first kappa shape index (κ1) is 23.6. The van der Waals surface area contributed by atoms with Gasteiger partial charge in [-0.25, -0.2) is 4.99 Å². The van der Waals surface area contributed by atoms with E-state index in [9.17, 15) is 0 Å². The standard InChI is InChI=1S/C22H34N6.HI/c1-17(14-15-19-10-6-4-7-11-19)24-22(25-20-12-8-5-9-13-20)23-16-21-27-26-18(2)28(21)3;/h4,6-7,10-11,17,20H,5,8-9,12-16H2,1-3H3,(H2,23,24,25);1H. The third-order valence-corrected chi connectivity index (χ3v) is 5.60. The topological polar surface area (TPSA) is 67.1 Å². The van der Waals surface area contributed by atoms with Gasteiger partial charge >= 0.3 is 0 Å². The third kappa shape index (κ3) is 7.60. The van der Waals surface area contributed by atoms with Gasteiger partial charge in [-0.3, -0.25) is 0 Å². The molecule has 6 nitrogen and oxygen atoms in total. The van der Waals surface area contributed by atoms with Crippen LogP contribution in [0.15, 0.2) is 35.3 Å². The van der Waals surface area contributed by atoms with Gasteiger partial charge in [0.25, 0.3) is 0 Å². The highest BCUT2D eigenvalue weighted by molar-refractivity contribution is 14.0. The van der Waals surface area contributed by atoms with E-state index in [2.05, 4.69) is 58.1 Å². The van der Waals surface area contributed by atoms with Crippen LogP contribution in [0.25, 0.3) is 0 Å². The Bertz CT molecular complexity index is 752. The monoisotopic (exact) mass is 510 g/mol. The maximum absolute atomic E-state index is 4.83. The number of rotatable bonds is 7. The molecule has 7 heteroatoms. The zero-order valence-corrected chi connectivity index (χ0v) is 20.2. The van der Waals surface area contributed by atoms with E-state index in [0.717, 1.165) is 30.5 Å². The molecule has 1 heterocycles. The first-order chi connectivity index (χ1) is 13.6. The van der Waals surface area contributed by atoms with Crippen molar-refractivity contribution in [2.45, 2.75) is 77.4 Å². The summed E-state index contributed by atoms with van der Waals surface area (Å²) in [5, 5.41) is 15.7. The van der Waals surface area contributed by atoms with E-state index in [1.165, 1.54) is 37.7 Å². The summed E-state index contributed by atoms with van der Waals surface area (Å²) in [6.45, 7) is 4.73. The molecule has 2 N–H and O–H groups in total. The Labute approximate surface area is 192 Å². The number of aryl methyl sites for hydroxylation is 2. The molecule has 1 aliphatic carbocycles. The van der Waals surface area contributed by atoms with Crippen LogP contribution in [0.4, 0.5) is 0 Å². The summed E-state index contributed by atoms with van der Waals surface area (Å²) in [6.07, 6.45) is 8.54. The van der Waals surface area contributed by atoms with Crippen molar-refractivity contribution in [2.24, 2.45) is 12.0 Å². The molecule has 0 saturated heterocycles. The number of halogens is 1. The van der Waals surface area contributed by atoms with Gasteiger partial charge in [-0.1, -0.05) is 49.6 Å². The molecule has 1 fully saturated rings. The first-order valence-electron chi connectivity index (χ1n) is 10.6. The maximum atomic E-state index is 4.83. The molecule has 1 atom stereocenters. The molecule has 0 radical (unpaired) electrons. The van der Waals surface area contributed by atoms with Crippen molar-refractivity contribution >= 4 is 29.9 Å². The molecule has 1 aromatic carbocycles. The van der Waals surface area contributed by atoms with Gasteiger partial charge in [0.1, 0.15) is 12.4 Å². The maximum Gasteiger partial charge on any atom is 0.192 e. The van der Waals surface area contributed by atoms with Gasteiger partial charge in [0.2, 0.25) is 0 Å². The number of aliphatic imine (C=N–C) groups is 1. The average molecular weight is 510 g/mol. The Kier molecular flexibility index (Phi) is 9.90. The van der Waals surface area contributed by atoms with E-state index in [1.54, 1.807) is 0 Å². The second-order valence-electron chi connectivity index (χ2n) is 7.94. The molecule has 29 heavy (non-hydrogen) atoms. The van der Waals surface area contributed by atoms with E-state index >= 15 is 0 Å². The molecule has 0 aliphatic heterocycles. The van der Waals surface area contributed by atoms with Crippen molar-refractivity contribution in [3.05, 3.63) is 47.5 Å². The summed E-state index contributed by atoms with van der Waals surface area (Å²) >= 11 is 0. The molecule has 0 spiro atoms. The quantitative estimate of drug-likeness (QED) is 0.334. The number of nitrogens with one attached hydrogen (secondary N) is 2. The minimum absolute atomic E-state index is 0. The minimum Gasteiger partial charge on any atom is -0.354 e. The lowest BCUT2D eigenvalue weighted by Gasteiger charge is -2.26. The SMILES string of the molecule is Cc1nnc(CN=C(NC(C)CCc2ccccc2)NC2CCCCC2)n1C.I. The second kappa shape index (κ2) is 12.1. The normalized spacial score (nSPS) is 16.2. The number of nitrogens with zero attached hydrogens (tertiary/aromatic N) is 4. The predicted octanol–water partition coefficient (Wildman–Crippen LogP) is 4.13. The fourth-order valence-corrected chi connectivity index (χ4v) is 3.65. The van der Waals surface area contributed by atoms with Crippen LogP contribution in [0.2, 0.25) is 0 Å². The molecule has 160 valence electrons. The molecule has 1 aromatic heterocycles. The van der Waals surface area contributed by atoms with Crippen molar-refractivity contribution in [2.75, 3.05) is 0 Å². The Hall–Kier alpha value is -1.64. The smallest absolute Gasteiger partial charge is 0.192 e. The summed E-state index contributed by atoms with van der Waals surface area (Å²) < 4.78 is 2.00. The second-order valence-corrected chi connectivity index (χ2v) is 7.94. The lowest BCUT2D eigenvalue weighted by atomic mass is 9.96. The lowest BCUT2D eigenvalue weighted by molar-refractivity contribution is 0.407. The molecule has 3 rings (SSSR count). The fourth-order valence-electron chi connectivity index (χ4n) is 3.65.